The molecule has 0 fully saturated rings. The van der Waals surface area contributed by atoms with E-state index in [1.54, 1.807) is 26.2 Å². The van der Waals surface area contributed by atoms with Gasteiger partial charge in [0, 0.05) is 5.56 Å². The molecule has 0 saturated heterocycles. The van der Waals surface area contributed by atoms with E-state index in [0.29, 0.717) is 17.9 Å². The Bertz CT molecular complexity index is 601. The normalized spacial score (nSPS) is 12.0. The number of likely N-dealkylation sites (N-methyl/N-ethyl adjacent to an activating group) is 1. The van der Waals surface area contributed by atoms with Crippen LogP contribution in [0.3, 0.4) is 0 Å². The second-order valence-electron chi connectivity index (χ2n) is 4.81. The molecule has 0 aliphatic carbocycles. The van der Waals surface area contributed by atoms with E-state index in [1.807, 2.05) is 31.3 Å². The van der Waals surface area contributed by atoms with Gasteiger partial charge in [-0.05, 0) is 43.8 Å². The van der Waals surface area contributed by atoms with Crippen LogP contribution in [0.25, 0.3) is 0 Å². The van der Waals surface area contributed by atoms with Crippen molar-refractivity contribution in [3.05, 3.63) is 59.4 Å². The Morgan fingerprint density at radius 1 is 1.19 bits per heavy atom. The highest BCUT2D eigenvalue weighted by Gasteiger charge is 2.14. The van der Waals surface area contributed by atoms with Crippen LogP contribution in [-0.4, -0.2) is 20.8 Å². The van der Waals surface area contributed by atoms with Crippen LogP contribution in [0.5, 0.6) is 11.5 Å². The molecule has 0 aromatic heterocycles. The number of halogens is 1. The standard InChI is InChI=1S/C17H20FNO2/c1-12-10-13(8-9-15(12)18)21-11-16(19-2)14-6-4-5-7-17(14)20-3/h4-10,16,19H,11H2,1-3H3. The zero-order valence-electron chi connectivity index (χ0n) is 12.5. The van der Waals surface area contributed by atoms with Crippen molar-refractivity contribution in [2.45, 2.75) is 13.0 Å². The Kier molecular flexibility index (Phi) is 5.17. The third-order valence-corrected chi connectivity index (χ3v) is 3.41. The van der Waals surface area contributed by atoms with Crippen LogP contribution in [-0.2, 0) is 0 Å². The molecule has 0 heterocycles. The van der Waals surface area contributed by atoms with Crippen molar-refractivity contribution in [3.63, 3.8) is 0 Å². The molecule has 0 aliphatic heterocycles. The molecule has 1 atom stereocenters. The monoisotopic (exact) mass is 289 g/mol. The maximum Gasteiger partial charge on any atom is 0.126 e. The minimum Gasteiger partial charge on any atom is -0.496 e. The van der Waals surface area contributed by atoms with E-state index in [1.165, 1.54) is 6.07 Å². The summed E-state index contributed by atoms with van der Waals surface area (Å²) in [5, 5.41) is 3.21. The molecule has 21 heavy (non-hydrogen) atoms. The summed E-state index contributed by atoms with van der Waals surface area (Å²) in [5.74, 6) is 1.25. The first-order valence-electron chi connectivity index (χ1n) is 6.85. The molecule has 0 radical (unpaired) electrons. The zero-order chi connectivity index (χ0) is 15.2. The van der Waals surface area contributed by atoms with E-state index in [-0.39, 0.29) is 11.9 Å². The molecule has 2 rings (SSSR count). The Hall–Kier alpha value is -2.07. The third-order valence-electron chi connectivity index (χ3n) is 3.41. The summed E-state index contributed by atoms with van der Waals surface area (Å²) in [4.78, 5) is 0. The number of nitrogens with one attached hydrogen (secondary N) is 1. The van der Waals surface area contributed by atoms with Gasteiger partial charge in [0.15, 0.2) is 0 Å². The lowest BCUT2D eigenvalue weighted by molar-refractivity contribution is 0.268. The van der Waals surface area contributed by atoms with E-state index >= 15 is 0 Å². The van der Waals surface area contributed by atoms with Gasteiger partial charge in [0.05, 0.1) is 13.2 Å². The molecule has 0 spiro atoms. The Morgan fingerprint density at radius 2 is 1.95 bits per heavy atom. The first-order chi connectivity index (χ1) is 10.2. The van der Waals surface area contributed by atoms with Crippen LogP contribution < -0.4 is 14.8 Å². The molecular formula is C17H20FNO2. The number of rotatable bonds is 6. The number of para-hydroxylation sites is 1. The molecule has 0 amide bonds. The Morgan fingerprint density at radius 3 is 2.62 bits per heavy atom. The second kappa shape index (κ2) is 7.09. The predicted molar refractivity (Wildman–Crippen MR) is 81.4 cm³/mol. The quantitative estimate of drug-likeness (QED) is 0.883. The van der Waals surface area contributed by atoms with Crippen molar-refractivity contribution >= 4 is 0 Å². The average molecular weight is 289 g/mol. The Labute approximate surface area is 124 Å². The van der Waals surface area contributed by atoms with Gasteiger partial charge >= 0.3 is 0 Å². The number of aryl methyl sites for hydroxylation is 1. The van der Waals surface area contributed by atoms with Gasteiger partial charge in [-0.15, -0.1) is 0 Å². The molecule has 2 aromatic carbocycles. The van der Waals surface area contributed by atoms with Gasteiger partial charge in [-0.3, -0.25) is 0 Å². The van der Waals surface area contributed by atoms with E-state index < -0.39 is 0 Å². The van der Waals surface area contributed by atoms with Crippen LogP contribution in [0.1, 0.15) is 17.2 Å². The predicted octanol–water partition coefficient (Wildman–Crippen LogP) is 3.48. The van der Waals surface area contributed by atoms with E-state index in [4.69, 9.17) is 9.47 Å². The fourth-order valence-electron chi connectivity index (χ4n) is 2.17. The smallest absolute Gasteiger partial charge is 0.126 e. The summed E-state index contributed by atoms with van der Waals surface area (Å²) in [7, 11) is 3.52. The molecule has 0 aliphatic rings. The van der Waals surface area contributed by atoms with E-state index in [0.717, 1.165) is 11.3 Å². The molecule has 112 valence electrons. The Balaban J connectivity index is 2.10. The number of methoxy groups -OCH3 is 1. The van der Waals surface area contributed by atoms with Crippen molar-refractivity contribution in [2.75, 3.05) is 20.8 Å². The molecular weight excluding hydrogens is 269 g/mol. The van der Waals surface area contributed by atoms with Crippen LogP contribution in [0.2, 0.25) is 0 Å². The van der Waals surface area contributed by atoms with Crippen LogP contribution in [0.15, 0.2) is 42.5 Å². The first kappa shape index (κ1) is 15.3. The molecule has 1 N–H and O–H groups in total. The van der Waals surface area contributed by atoms with Gasteiger partial charge in [0.25, 0.3) is 0 Å². The van der Waals surface area contributed by atoms with Gasteiger partial charge < -0.3 is 14.8 Å². The lowest BCUT2D eigenvalue weighted by Gasteiger charge is -2.20. The molecule has 4 heteroatoms. The SMILES string of the molecule is CNC(COc1ccc(F)c(C)c1)c1ccccc1OC. The van der Waals surface area contributed by atoms with Crippen molar-refractivity contribution in [3.8, 4) is 11.5 Å². The average Bonchev–Trinajstić information content (AvgIpc) is 2.51. The van der Waals surface area contributed by atoms with Crippen molar-refractivity contribution in [1.29, 1.82) is 0 Å². The lowest BCUT2D eigenvalue weighted by Crippen LogP contribution is -2.23. The van der Waals surface area contributed by atoms with Crippen LogP contribution >= 0.6 is 0 Å². The fourth-order valence-corrected chi connectivity index (χ4v) is 2.17. The summed E-state index contributed by atoms with van der Waals surface area (Å²) in [6.45, 7) is 2.15. The van der Waals surface area contributed by atoms with Gasteiger partial charge in [0.2, 0.25) is 0 Å². The van der Waals surface area contributed by atoms with Gasteiger partial charge in [-0.1, -0.05) is 18.2 Å². The molecule has 0 bridgehead atoms. The van der Waals surface area contributed by atoms with Gasteiger partial charge in [-0.2, -0.15) is 0 Å². The second-order valence-corrected chi connectivity index (χ2v) is 4.81. The highest BCUT2D eigenvalue weighted by atomic mass is 19.1. The summed E-state index contributed by atoms with van der Waals surface area (Å²) in [6, 6.07) is 12.6. The topological polar surface area (TPSA) is 30.5 Å². The van der Waals surface area contributed by atoms with Crippen molar-refractivity contribution < 1.29 is 13.9 Å². The largest absolute Gasteiger partial charge is 0.496 e. The third kappa shape index (κ3) is 3.73. The minimum atomic E-state index is -0.225. The lowest BCUT2D eigenvalue weighted by atomic mass is 10.1. The van der Waals surface area contributed by atoms with E-state index in [2.05, 4.69) is 5.32 Å². The van der Waals surface area contributed by atoms with E-state index in [9.17, 15) is 4.39 Å². The summed E-state index contributed by atoms with van der Waals surface area (Å²) < 4.78 is 24.4. The summed E-state index contributed by atoms with van der Waals surface area (Å²) in [6.07, 6.45) is 0. The van der Waals surface area contributed by atoms with Crippen LogP contribution in [0, 0.1) is 12.7 Å². The number of hydrogen-bond donors (Lipinski definition) is 1. The van der Waals surface area contributed by atoms with Crippen molar-refractivity contribution in [1.82, 2.24) is 5.32 Å². The maximum absolute atomic E-state index is 13.2. The summed E-state index contributed by atoms with van der Waals surface area (Å²) in [5.41, 5.74) is 1.60. The minimum absolute atomic E-state index is 0.00786. The number of benzene rings is 2. The van der Waals surface area contributed by atoms with Gasteiger partial charge in [-0.25, -0.2) is 4.39 Å². The molecule has 3 nitrogen and oxygen atoms in total. The number of ether oxygens (including phenoxy) is 2. The molecule has 1 unspecified atom stereocenters. The highest BCUT2D eigenvalue weighted by molar-refractivity contribution is 5.36. The fraction of sp³-hybridized carbons (Fsp3) is 0.294. The number of hydrogen-bond acceptors (Lipinski definition) is 3. The molecule has 2 aromatic rings. The zero-order valence-corrected chi connectivity index (χ0v) is 12.5. The van der Waals surface area contributed by atoms with Crippen molar-refractivity contribution in [2.24, 2.45) is 0 Å². The highest BCUT2D eigenvalue weighted by Crippen LogP contribution is 2.25. The maximum atomic E-state index is 13.2. The first-order valence-corrected chi connectivity index (χ1v) is 6.85. The van der Waals surface area contributed by atoms with Gasteiger partial charge in [0.1, 0.15) is 23.9 Å². The summed E-state index contributed by atoms with van der Waals surface area (Å²) >= 11 is 0. The molecule has 0 saturated carbocycles. The van der Waals surface area contributed by atoms with Crippen LogP contribution in [0.4, 0.5) is 4.39 Å².